The van der Waals surface area contributed by atoms with Gasteiger partial charge in [-0.15, -0.1) is 0 Å². The molecule has 1 aromatic rings. The number of ether oxygens (including phenoxy) is 1. The summed E-state index contributed by atoms with van der Waals surface area (Å²) < 4.78 is 19.2. The fourth-order valence-corrected chi connectivity index (χ4v) is 1.83. The van der Waals surface area contributed by atoms with Gasteiger partial charge in [0, 0.05) is 17.7 Å². The van der Waals surface area contributed by atoms with Gasteiger partial charge in [0.2, 0.25) is 0 Å². The van der Waals surface area contributed by atoms with Crippen LogP contribution in [0.2, 0.25) is 0 Å². The van der Waals surface area contributed by atoms with Crippen LogP contribution in [0.1, 0.15) is 31.9 Å². The van der Waals surface area contributed by atoms with Gasteiger partial charge in [-0.05, 0) is 33.9 Å². The normalized spacial score (nSPS) is 12.5. The molecule has 0 aromatic heterocycles. The highest BCUT2D eigenvalue weighted by atomic mass is 19.1. The first kappa shape index (κ1) is 17.9. The van der Waals surface area contributed by atoms with Gasteiger partial charge < -0.3 is 15.7 Å². The minimum atomic E-state index is -0.550. The maximum atomic E-state index is 14.0. The summed E-state index contributed by atoms with van der Waals surface area (Å²) in [4.78, 5) is 13.4. The van der Waals surface area contributed by atoms with Gasteiger partial charge in [0.15, 0.2) is 5.84 Å². The third-order valence-electron chi connectivity index (χ3n) is 2.72. The predicted octanol–water partition coefficient (Wildman–Crippen LogP) is 1.69. The maximum absolute atomic E-state index is 14.0. The summed E-state index contributed by atoms with van der Waals surface area (Å²) in [5.74, 6) is -1.02. The Morgan fingerprint density at radius 1 is 1.45 bits per heavy atom. The number of rotatable bonds is 5. The number of nitrogens with zero attached hydrogens (tertiary/aromatic N) is 2. The van der Waals surface area contributed by atoms with Crippen LogP contribution < -0.4 is 5.73 Å². The number of hydrogen-bond acceptors (Lipinski definition) is 5. The van der Waals surface area contributed by atoms with Crippen LogP contribution in [0.4, 0.5) is 4.39 Å². The van der Waals surface area contributed by atoms with Gasteiger partial charge in [-0.3, -0.25) is 9.69 Å². The van der Waals surface area contributed by atoms with E-state index in [4.69, 9.17) is 15.7 Å². The fraction of sp³-hybridized carbons (Fsp3) is 0.467. The van der Waals surface area contributed by atoms with E-state index < -0.39 is 11.4 Å². The molecular weight excluding hydrogens is 289 g/mol. The van der Waals surface area contributed by atoms with E-state index in [0.717, 1.165) is 0 Å². The monoisotopic (exact) mass is 311 g/mol. The number of carbonyl (C=O) groups excluding carboxylic acids is 1. The van der Waals surface area contributed by atoms with Crippen LogP contribution in [0.15, 0.2) is 23.4 Å². The Kier molecular flexibility index (Phi) is 5.87. The van der Waals surface area contributed by atoms with E-state index in [9.17, 15) is 9.18 Å². The first-order valence-corrected chi connectivity index (χ1v) is 6.79. The molecular formula is C15H22FN3O3. The van der Waals surface area contributed by atoms with Crippen LogP contribution in [-0.4, -0.2) is 41.1 Å². The minimum Gasteiger partial charge on any atom is -0.459 e. The number of oxime groups is 1. The van der Waals surface area contributed by atoms with Crippen molar-refractivity contribution in [2.75, 3.05) is 13.6 Å². The predicted molar refractivity (Wildman–Crippen MR) is 81.1 cm³/mol. The summed E-state index contributed by atoms with van der Waals surface area (Å²) in [6.07, 6.45) is 0. The van der Waals surface area contributed by atoms with Gasteiger partial charge in [-0.2, -0.15) is 0 Å². The number of amidine groups is 1. The minimum absolute atomic E-state index is 0.0543. The molecule has 0 heterocycles. The number of esters is 1. The second-order valence-corrected chi connectivity index (χ2v) is 6.05. The van der Waals surface area contributed by atoms with Crippen molar-refractivity contribution in [3.8, 4) is 0 Å². The van der Waals surface area contributed by atoms with Crippen molar-refractivity contribution in [3.63, 3.8) is 0 Å². The van der Waals surface area contributed by atoms with Gasteiger partial charge in [-0.25, -0.2) is 4.39 Å². The highest BCUT2D eigenvalue weighted by molar-refractivity contribution is 5.97. The van der Waals surface area contributed by atoms with Crippen molar-refractivity contribution in [2.24, 2.45) is 10.9 Å². The number of carbonyl (C=O) groups is 1. The van der Waals surface area contributed by atoms with Crippen LogP contribution in [0.25, 0.3) is 0 Å². The molecule has 0 saturated carbocycles. The maximum Gasteiger partial charge on any atom is 0.320 e. The zero-order chi connectivity index (χ0) is 16.9. The second-order valence-electron chi connectivity index (χ2n) is 6.05. The van der Waals surface area contributed by atoms with Gasteiger partial charge >= 0.3 is 5.97 Å². The SMILES string of the molecule is CN(CC(=O)OC(C)(C)C)Cc1ccc(/C(N)=N\O)cc1F. The van der Waals surface area contributed by atoms with E-state index in [1.54, 1.807) is 38.8 Å². The van der Waals surface area contributed by atoms with Crippen LogP contribution in [-0.2, 0) is 16.1 Å². The fourth-order valence-electron chi connectivity index (χ4n) is 1.83. The number of benzene rings is 1. The number of likely N-dealkylation sites (N-methyl/N-ethyl adjacent to an activating group) is 1. The van der Waals surface area contributed by atoms with Gasteiger partial charge in [-0.1, -0.05) is 17.3 Å². The molecule has 0 aliphatic heterocycles. The molecule has 0 amide bonds. The van der Waals surface area contributed by atoms with Crippen molar-refractivity contribution < 1.29 is 19.1 Å². The third kappa shape index (κ3) is 5.69. The van der Waals surface area contributed by atoms with Crippen LogP contribution in [0.5, 0.6) is 0 Å². The van der Waals surface area contributed by atoms with Crippen molar-refractivity contribution in [1.82, 2.24) is 4.90 Å². The second kappa shape index (κ2) is 7.22. The average Bonchev–Trinajstić information content (AvgIpc) is 2.37. The first-order chi connectivity index (χ1) is 10.1. The van der Waals surface area contributed by atoms with Crippen molar-refractivity contribution >= 4 is 11.8 Å². The highest BCUT2D eigenvalue weighted by Gasteiger charge is 2.18. The largest absolute Gasteiger partial charge is 0.459 e. The lowest BCUT2D eigenvalue weighted by molar-refractivity contribution is -0.155. The molecule has 3 N–H and O–H groups in total. The molecule has 0 fully saturated rings. The average molecular weight is 311 g/mol. The molecule has 0 unspecified atom stereocenters. The zero-order valence-electron chi connectivity index (χ0n) is 13.3. The molecule has 7 heteroatoms. The van der Waals surface area contributed by atoms with Crippen LogP contribution >= 0.6 is 0 Å². The Morgan fingerprint density at radius 3 is 2.59 bits per heavy atom. The van der Waals surface area contributed by atoms with Crippen LogP contribution in [0.3, 0.4) is 0 Å². The summed E-state index contributed by atoms with van der Waals surface area (Å²) in [6.45, 7) is 5.66. The molecule has 0 aliphatic carbocycles. The van der Waals surface area contributed by atoms with Crippen molar-refractivity contribution in [3.05, 3.63) is 35.1 Å². The zero-order valence-corrected chi connectivity index (χ0v) is 13.3. The van der Waals surface area contributed by atoms with Gasteiger partial charge in [0.25, 0.3) is 0 Å². The van der Waals surface area contributed by atoms with Crippen molar-refractivity contribution in [2.45, 2.75) is 32.9 Å². The molecule has 0 bridgehead atoms. The van der Waals surface area contributed by atoms with E-state index in [0.29, 0.717) is 11.1 Å². The van der Waals surface area contributed by atoms with Crippen LogP contribution in [0, 0.1) is 5.82 Å². The molecule has 122 valence electrons. The quantitative estimate of drug-likeness (QED) is 0.284. The van der Waals surface area contributed by atoms with E-state index in [1.165, 1.54) is 12.1 Å². The number of hydrogen-bond donors (Lipinski definition) is 2. The van der Waals surface area contributed by atoms with E-state index in [-0.39, 0.29) is 24.9 Å². The molecule has 0 atom stereocenters. The van der Waals surface area contributed by atoms with Crippen molar-refractivity contribution in [1.29, 1.82) is 0 Å². The molecule has 0 aliphatic rings. The summed E-state index contributed by atoms with van der Waals surface area (Å²) in [5, 5.41) is 11.4. The lowest BCUT2D eigenvalue weighted by Crippen LogP contribution is -2.32. The molecule has 6 nitrogen and oxygen atoms in total. The topological polar surface area (TPSA) is 88.2 Å². The van der Waals surface area contributed by atoms with Gasteiger partial charge in [0.05, 0.1) is 6.54 Å². The standard InChI is InChI=1S/C15H22FN3O3/c1-15(2,3)22-13(20)9-19(4)8-11-6-5-10(7-12(11)16)14(17)18-21/h5-7,21H,8-9H2,1-4H3,(H2,17,18). The smallest absolute Gasteiger partial charge is 0.320 e. The summed E-state index contributed by atoms with van der Waals surface area (Å²) >= 11 is 0. The van der Waals surface area contributed by atoms with E-state index >= 15 is 0 Å². The Labute approximate surface area is 129 Å². The molecule has 0 spiro atoms. The summed E-state index contributed by atoms with van der Waals surface area (Å²) in [7, 11) is 1.70. The number of halogens is 1. The molecule has 22 heavy (non-hydrogen) atoms. The van der Waals surface area contributed by atoms with E-state index in [1.807, 2.05) is 0 Å². The highest BCUT2D eigenvalue weighted by Crippen LogP contribution is 2.13. The van der Waals surface area contributed by atoms with Gasteiger partial charge in [0.1, 0.15) is 11.4 Å². The Balaban J connectivity index is 2.69. The molecule has 1 rings (SSSR count). The first-order valence-electron chi connectivity index (χ1n) is 6.79. The lowest BCUT2D eigenvalue weighted by Gasteiger charge is -2.22. The Hall–Kier alpha value is -2.15. The van der Waals surface area contributed by atoms with E-state index in [2.05, 4.69) is 5.16 Å². The molecule has 0 saturated heterocycles. The Bertz CT molecular complexity index is 568. The number of nitrogens with two attached hydrogens (primary N) is 1. The lowest BCUT2D eigenvalue weighted by atomic mass is 10.1. The summed E-state index contributed by atoms with van der Waals surface area (Å²) in [5.41, 5.74) is 5.54. The Morgan fingerprint density at radius 2 is 2.09 bits per heavy atom. The third-order valence-corrected chi connectivity index (χ3v) is 2.72. The molecule has 1 aromatic carbocycles. The molecule has 0 radical (unpaired) electrons. The summed E-state index contributed by atoms with van der Waals surface area (Å²) in [6, 6.07) is 4.27.